The highest BCUT2D eigenvalue weighted by Gasteiger charge is 2.20. The molecule has 0 bridgehead atoms. The molecule has 0 aliphatic heterocycles. The van der Waals surface area contributed by atoms with E-state index in [1.54, 1.807) is 0 Å². The monoisotopic (exact) mass is 411 g/mol. The number of hydrogen-bond acceptors (Lipinski definition) is 1. The van der Waals surface area contributed by atoms with Gasteiger partial charge in [0.25, 0.3) is 0 Å². The lowest BCUT2D eigenvalue weighted by Crippen LogP contribution is -2.17. The van der Waals surface area contributed by atoms with Gasteiger partial charge in [0.05, 0.1) is 0 Å². The molecule has 31 heavy (non-hydrogen) atoms. The van der Waals surface area contributed by atoms with Crippen molar-refractivity contribution in [2.75, 3.05) is 4.90 Å². The zero-order chi connectivity index (χ0) is 22.4. The maximum absolute atomic E-state index is 3.95. The summed E-state index contributed by atoms with van der Waals surface area (Å²) in [6, 6.07) is 26.7. The van der Waals surface area contributed by atoms with E-state index in [-0.39, 0.29) is 5.41 Å². The van der Waals surface area contributed by atoms with E-state index in [1.165, 1.54) is 35.3 Å². The van der Waals surface area contributed by atoms with Gasteiger partial charge in [-0.25, -0.2) is 0 Å². The van der Waals surface area contributed by atoms with E-state index in [4.69, 9.17) is 0 Å². The molecule has 0 radical (unpaired) electrons. The summed E-state index contributed by atoms with van der Waals surface area (Å²) in [5.41, 5.74) is 7.60. The van der Waals surface area contributed by atoms with Crippen LogP contribution >= 0.6 is 0 Å². The summed E-state index contributed by atoms with van der Waals surface area (Å²) in [7, 11) is 0. The van der Waals surface area contributed by atoms with Crippen LogP contribution in [0, 0.1) is 0 Å². The smallest absolute Gasteiger partial charge is 0.0467 e. The number of nitrogens with zero attached hydrogens (tertiary/aromatic N) is 1. The molecule has 0 aliphatic carbocycles. The van der Waals surface area contributed by atoms with Crippen molar-refractivity contribution >= 4 is 23.1 Å². The normalized spacial score (nSPS) is 12.4. The minimum absolute atomic E-state index is 0.193. The second-order valence-electron chi connectivity index (χ2n) is 9.22. The van der Waals surface area contributed by atoms with E-state index in [9.17, 15) is 0 Å². The molecule has 1 atom stereocenters. The van der Waals surface area contributed by atoms with E-state index in [0.717, 1.165) is 17.7 Å². The van der Waals surface area contributed by atoms with Gasteiger partial charge in [-0.3, -0.25) is 0 Å². The Hall–Kier alpha value is -2.80. The van der Waals surface area contributed by atoms with Gasteiger partial charge in [0.1, 0.15) is 0 Å². The van der Waals surface area contributed by atoms with Crippen LogP contribution < -0.4 is 4.90 Å². The van der Waals surface area contributed by atoms with Crippen LogP contribution in [0.25, 0.3) is 6.08 Å². The fourth-order valence-electron chi connectivity index (χ4n) is 4.26. The van der Waals surface area contributed by atoms with Gasteiger partial charge in [-0.1, -0.05) is 90.1 Å². The van der Waals surface area contributed by atoms with Crippen molar-refractivity contribution in [3.63, 3.8) is 0 Å². The molecule has 1 nitrogen and oxygen atoms in total. The summed E-state index contributed by atoms with van der Waals surface area (Å²) >= 11 is 0. The molecular formula is C30H37N. The quantitative estimate of drug-likeness (QED) is 0.339. The van der Waals surface area contributed by atoms with Crippen molar-refractivity contribution in [2.24, 2.45) is 0 Å². The lowest BCUT2D eigenvalue weighted by Gasteiger charge is -2.28. The zero-order valence-corrected chi connectivity index (χ0v) is 19.9. The minimum Gasteiger partial charge on any atom is -0.310 e. The van der Waals surface area contributed by atoms with Crippen LogP contribution in [0.4, 0.5) is 17.1 Å². The topological polar surface area (TPSA) is 3.24 Å². The molecule has 0 heterocycles. The first-order valence-electron chi connectivity index (χ1n) is 11.6. The maximum atomic E-state index is 3.95. The predicted octanol–water partition coefficient (Wildman–Crippen LogP) is 9.39. The number of rotatable bonds is 9. The van der Waals surface area contributed by atoms with Gasteiger partial charge in [0.2, 0.25) is 0 Å². The van der Waals surface area contributed by atoms with Crippen molar-refractivity contribution in [3.8, 4) is 0 Å². The van der Waals surface area contributed by atoms with Crippen molar-refractivity contribution in [2.45, 2.75) is 65.2 Å². The van der Waals surface area contributed by atoms with Gasteiger partial charge in [-0.2, -0.15) is 0 Å². The molecule has 0 saturated carbocycles. The Morgan fingerprint density at radius 1 is 0.871 bits per heavy atom. The number of hydrogen-bond donors (Lipinski definition) is 0. The highest BCUT2D eigenvalue weighted by molar-refractivity contribution is 5.78. The molecule has 0 amide bonds. The predicted molar refractivity (Wildman–Crippen MR) is 138 cm³/mol. The van der Waals surface area contributed by atoms with E-state index in [1.807, 2.05) is 6.08 Å². The maximum Gasteiger partial charge on any atom is 0.0467 e. The summed E-state index contributed by atoms with van der Waals surface area (Å²) in [6.07, 6.45) is 5.44. The number of anilines is 3. The Kier molecular flexibility index (Phi) is 7.38. The van der Waals surface area contributed by atoms with E-state index >= 15 is 0 Å². The SMILES string of the molecule is C=Cc1cccc(N(c2ccc(C(C)CC)cc2)c2ccc(C(C)(C)CCC)cc2)c1. The van der Waals surface area contributed by atoms with Crippen LogP contribution in [0.1, 0.15) is 76.5 Å². The molecule has 0 saturated heterocycles. The van der Waals surface area contributed by atoms with Gasteiger partial charge in [0.15, 0.2) is 0 Å². The first kappa shape index (κ1) is 22.9. The number of benzene rings is 3. The van der Waals surface area contributed by atoms with Crippen LogP contribution in [-0.2, 0) is 5.41 Å². The fourth-order valence-corrected chi connectivity index (χ4v) is 4.26. The average molecular weight is 412 g/mol. The van der Waals surface area contributed by atoms with Crippen LogP contribution in [-0.4, -0.2) is 0 Å². The third kappa shape index (κ3) is 5.28. The molecule has 0 fully saturated rings. The Bertz CT molecular complexity index is 980. The fraction of sp³-hybridized carbons (Fsp3) is 0.333. The molecule has 0 aliphatic rings. The minimum atomic E-state index is 0.193. The van der Waals surface area contributed by atoms with Gasteiger partial charge in [-0.15, -0.1) is 0 Å². The van der Waals surface area contributed by atoms with Crippen LogP contribution in [0.15, 0.2) is 79.4 Å². The van der Waals surface area contributed by atoms with Gasteiger partial charge in [0, 0.05) is 17.1 Å². The van der Waals surface area contributed by atoms with Crippen molar-refractivity contribution in [1.82, 2.24) is 0 Å². The van der Waals surface area contributed by atoms with Crippen LogP contribution in [0.5, 0.6) is 0 Å². The zero-order valence-electron chi connectivity index (χ0n) is 19.9. The summed E-state index contributed by atoms with van der Waals surface area (Å²) in [6.45, 7) is 15.4. The molecule has 0 N–H and O–H groups in total. The van der Waals surface area contributed by atoms with E-state index in [0.29, 0.717) is 5.92 Å². The molecule has 0 spiro atoms. The van der Waals surface area contributed by atoms with Gasteiger partial charge in [-0.05, 0) is 77.3 Å². The highest BCUT2D eigenvalue weighted by Crippen LogP contribution is 2.37. The second kappa shape index (κ2) is 10.0. The van der Waals surface area contributed by atoms with E-state index in [2.05, 4.69) is 119 Å². The third-order valence-electron chi connectivity index (χ3n) is 6.48. The van der Waals surface area contributed by atoms with Crippen molar-refractivity contribution < 1.29 is 0 Å². The van der Waals surface area contributed by atoms with Crippen LogP contribution in [0.3, 0.4) is 0 Å². The van der Waals surface area contributed by atoms with Crippen molar-refractivity contribution in [3.05, 3.63) is 96.1 Å². The average Bonchev–Trinajstić information content (AvgIpc) is 2.79. The Balaban J connectivity index is 2.05. The Morgan fingerprint density at radius 2 is 1.48 bits per heavy atom. The molecule has 0 aromatic heterocycles. The second-order valence-corrected chi connectivity index (χ2v) is 9.22. The molecular weight excluding hydrogens is 374 g/mol. The largest absolute Gasteiger partial charge is 0.310 e. The third-order valence-corrected chi connectivity index (χ3v) is 6.48. The summed E-state index contributed by atoms with van der Waals surface area (Å²) < 4.78 is 0. The Morgan fingerprint density at radius 3 is 2.03 bits per heavy atom. The van der Waals surface area contributed by atoms with Crippen molar-refractivity contribution in [1.29, 1.82) is 0 Å². The molecule has 1 heteroatoms. The molecule has 1 unspecified atom stereocenters. The Labute approximate surface area is 189 Å². The molecule has 3 aromatic carbocycles. The van der Waals surface area contributed by atoms with Gasteiger partial charge >= 0.3 is 0 Å². The molecule has 162 valence electrons. The summed E-state index contributed by atoms with van der Waals surface area (Å²) in [5.74, 6) is 0.576. The lowest BCUT2D eigenvalue weighted by atomic mass is 9.81. The standard InChI is InChI=1S/C30H37N/c1-7-21-30(5,6)26-15-19-28(20-16-26)31(29-12-10-11-24(9-3)22-29)27-17-13-25(14-18-27)23(4)8-2/h9-20,22-23H,3,7-8,21H2,1-2,4-6H3. The molecule has 3 rings (SSSR count). The summed E-state index contributed by atoms with van der Waals surface area (Å²) in [4.78, 5) is 2.34. The van der Waals surface area contributed by atoms with E-state index < -0.39 is 0 Å². The first-order chi connectivity index (χ1) is 14.9. The lowest BCUT2D eigenvalue weighted by molar-refractivity contribution is 0.473. The highest BCUT2D eigenvalue weighted by atomic mass is 15.1. The van der Waals surface area contributed by atoms with Crippen LogP contribution in [0.2, 0.25) is 0 Å². The van der Waals surface area contributed by atoms with Gasteiger partial charge < -0.3 is 4.90 Å². The first-order valence-corrected chi connectivity index (χ1v) is 11.6. The molecule has 3 aromatic rings. The summed E-state index contributed by atoms with van der Waals surface area (Å²) in [5, 5.41) is 0.